The van der Waals surface area contributed by atoms with E-state index in [-0.39, 0.29) is 11.8 Å². The van der Waals surface area contributed by atoms with Crippen molar-refractivity contribution in [2.75, 3.05) is 13.1 Å². The van der Waals surface area contributed by atoms with Gasteiger partial charge >= 0.3 is 5.97 Å². The molecule has 0 spiro atoms. The van der Waals surface area contributed by atoms with Crippen LogP contribution in [0.5, 0.6) is 0 Å². The van der Waals surface area contributed by atoms with Gasteiger partial charge in [0.25, 0.3) is 0 Å². The molecule has 0 unspecified atom stereocenters. The molecule has 3 N–H and O–H groups in total. The van der Waals surface area contributed by atoms with Crippen LogP contribution in [-0.4, -0.2) is 36.1 Å². The van der Waals surface area contributed by atoms with Crippen LogP contribution in [0.15, 0.2) is 0 Å². The van der Waals surface area contributed by atoms with E-state index in [4.69, 9.17) is 5.11 Å². The van der Waals surface area contributed by atoms with E-state index < -0.39 is 12.0 Å². The van der Waals surface area contributed by atoms with Crippen molar-refractivity contribution in [2.45, 2.75) is 19.4 Å². The standard InChI is InChI=1S/C8H14N2O3/c1-5(11)10-4-6-2-3-9-7(6)8(12)13/h6-7,9H,2-4H2,1H3,(H,10,11)(H,12,13)/t6-,7-/m0/s1. The smallest absolute Gasteiger partial charge is 0.321 e. The Bertz CT molecular complexity index is 217. The van der Waals surface area contributed by atoms with Crippen LogP contribution in [0.1, 0.15) is 13.3 Å². The van der Waals surface area contributed by atoms with Gasteiger partial charge in [-0.25, -0.2) is 0 Å². The van der Waals surface area contributed by atoms with Crippen molar-refractivity contribution < 1.29 is 14.7 Å². The lowest BCUT2D eigenvalue weighted by molar-refractivity contribution is -0.140. The minimum absolute atomic E-state index is 0.0152. The van der Waals surface area contributed by atoms with Crippen LogP contribution in [0, 0.1) is 5.92 Å². The Hall–Kier alpha value is -1.10. The highest BCUT2D eigenvalue weighted by Crippen LogP contribution is 2.14. The fourth-order valence-corrected chi connectivity index (χ4v) is 1.54. The van der Waals surface area contributed by atoms with Gasteiger partial charge in [0, 0.05) is 19.4 Å². The second-order valence-corrected chi connectivity index (χ2v) is 3.26. The number of aliphatic carboxylic acids is 1. The molecule has 0 aromatic rings. The third-order valence-electron chi connectivity index (χ3n) is 2.23. The maximum absolute atomic E-state index is 10.7. The fourth-order valence-electron chi connectivity index (χ4n) is 1.54. The maximum atomic E-state index is 10.7. The number of carboxylic acid groups (broad SMARTS) is 1. The van der Waals surface area contributed by atoms with Crippen LogP contribution in [0.4, 0.5) is 0 Å². The number of carbonyl (C=O) groups is 2. The second kappa shape index (κ2) is 4.23. The molecule has 1 saturated heterocycles. The summed E-state index contributed by atoms with van der Waals surface area (Å²) in [6.45, 7) is 2.58. The molecule has 1 heterocycles. The van der Waals surface area contributed by atoms with E-state index in [9.17, 15) is 9.59 Å². The van der Waals surface area contributed by atoms with Crippen molar-refractivity contribution in [3.8, 4) is 0 Å². The molecule has 1 rings (SSSR count). The molecule has 1 aliphatic rings. The van der Waals surface area contributed by atoms with Crippen LogP contribution in [-0.2, 0) is 9.59 Å². The van der Waals surface area contributed by atoms with E-state index in [1.165, 1.54) is 6.92 Å². The number of hydrogen-bond acceptors (Lipinski definition) is 3. The topological polar surface area (TPSA) is 78.4 Å². The van der Waals surface area contributed by atoms with Crippen molar-refractivity contribution in [1.29, 1.82) is 0 Å². The average Bonchev–Trinajstić information content (AvgIpc) is 2.47. The Morgan fingerprint density at radius 2 is 2.31 bits per heavy atom. The molecule has 0 bridgehead atoms. The lowest BCUT2D eigenvalue weighted by atomic mass is 10.0. The maximum Gasteiger partial charge on any atom is 0.321 e. The number of nitrogens with one attached hydrogen (secondary N) is 2. The number of carbonyl (C=O) groups excluding carboxylic acids is 1. The molecule has 0 aromatic carbocycles. The van der Waals surface area contributed by atoms with E-state index in [2.05, 4.69) is 10.6 Å². The Morgan fingerprint density at radius 3 is 2.85 bits per heavy atom. The molecule has 0 aliphatic carbocycles. The van der Waals surface area contributed by atoms with Gasteiger partial charge in [0.1, 0.15) is 6.04 Å². The molecule has 13 heavy (non-hydrogen) atoms. The SMILES string of the molecule is CC(=O)NC[C@@H]1CCN[C@@H]1C(=O)O. The first-order valence-corrected chi connectivity index (χ1v) is 4.32. The third kappa shape index (κ3) is 2.69. The summed E-state index contributed by atoms with van der Waals surface area (Å²) in [5.74, 6) is -0.940. The molecule has 1 amide bonds. The largest absolute Gasteiger partial charge is 0.480 e. The molecule has 0 saturated carbocycles. The molecule has 5 nitrogen and oxygen atoms in total. The van der Waals surface area contributed by atoms with Crippen molar-refractivity contribution in [3.05, 3.63) is 0 Å². The number of amides is 1. The lowest BCUT2D eigenvalue weighted by Crippen LogP contribution is -2.40. The molecule has 1 fully saturated rings. The number of rotatable bonds is 3. The van der Waals surface area contributed by atoms with Gasteiger partial charge in [-0.05, 0) is 13.0 Å². The van der Waals surface area contributed by atoms with Crippen molar-refractivity contribution in [1.82, 2.24) is 10.6 Å². The van der Waals surface area contributed by atoms with Crippen molar-refractivity contribution in [2.24, 2.45) is 5.92 Å². The zero-order chi connectivity index (χ0) is 9.84. The number of carboxylic acids is 1. The minimum atomic E-state index is -0.840. The van der Waals surface area contributed by atoms with Crippen LogP contribution < -0.4 is 10.6 Å². The van der Waals surface area contributed by atoms with E-state index in [1.807, 2.05) is 0 Å². The van der Waals surface area contributed by atoms with Crippen molar-refractivity contribution in [3.63, 3.8) is 0 Å². The monoisotopic (exact) mass is 186 g/mol. The Morgan fingerprint density at radius 1 is 1.62 bits per heavy atom. The van der Waals surface area contributed by atoms with Gasteiger partial charge in [-0.2, -0.15) is 0 Å². The average molecular weight is 186 g/mol. The summed E-state index contributed by atoms with van der Waals surface area (Å²) < 4.78 is 0. The highest BCUT2D eigenvalue weighted by atomic mass is 16.4. The van der Waals surface area contributed by atoms with Gasteiger partial charge in [-0.1, -0.05) is 0 Å². The summed E-state index contributed by atoms with van der Waals surface area (Å²) in [6, 6.07) is -0.508. The minimum Gasteiger partial charge on any atom is -0.480 e. The first-order chi connectivity index (χ1) is 6.11. The molecule has 0 radical (unpaired) electrons. The number of hydrogen-bond donors (Lipinski definition) is 3. The summed E-state index contributed by atoms with van der Waals surface area (Å²) >= 11 is 0. The fraction of sp³-hybridized carbons (Fsp3) is 0.750. The van der Waals surface area contributed by atoms with E-state index in [0.29, 0.717) is 13.1 Å². The Balaban J connectivity index is 2.39. The molecule has 2 atom stereocenters. The predicted octanol–water partition coefficient (Wildman–Crippen LogP) is -0.815. The normalized spacial score (nSPS) is 27.2. The summed E-state index contributed by atoms with van der Waals surface area (Å²) in [7, 11) is 0. The van der Waals surface area contributed by atoms with E-state index in [1.54, 1.807) is 0 Å². The Labute approximate surface area is 76.5 Å². The van der Waals surface area contributed by atoms with Crippen LogP contribution in [0.3, 0.4) is 0 Å². The quantitative estimate of drug-likeness (QED) is 0.538. The Kier molecular flexibility index (Phi) is 3.25. The van der Waals surface area contributed by atoms with Crippen molar-refractivity contribution >= 4 is 11.9 Å². The van der Waals surface area contributed by atoms with E-state index >= 15 is 0 Å². The molecular formula is C8H14N2O3. The highest BCUT2D eigenvalue weighted by molar-refractivity contribution is 5.75. The van der Waals surface area contributed by atoms with Crippen LogP contribution in [0.25, 0.3) is 0 Å². The molecule has 1 aliphatic heterocycles. The lowest BCUT2D eigenvalue weighted by Gasteiger charge is -2.15. The van der Waals surface area contributed by atoms with Gasteiger partial charge in [-0.3, -0.25) is 9.59 Å². The highest BCUT2D eigenvalue weighted by Gasteiger charge is 2.32. The first-order valence-electron chi connectivity index (χ1n) is 4.32. The molecule has 0 aromatic heterocycles. The molecule has 74 valence electrons. The zero-order valence-electron chi connectivity index (χ0n) is 7.54. The van der Waals surface area contributed by atoms with Crippen LogP contribution in [0.2, 0.25) is 0 Å². The van der Waals surface area contributed by atoms with Crippen LogP contribution >= 0.6 is 0 Å². The van der Waals surface area contributed by atoms with Gasteiger partial charge in [-0.15, -0.1) is 0 Å². The summed E-state index contributed by atoms with van der Waals surface area (Å²) in [4.78, 5) is 21.3. The third-order valence-corrected chi connectivity index (χ3v) is 2.23. The van der Waals surface area contributed by atoms with Gasteiger partial charge < -0.3 is 15.7 Å². The summed E-state index contributed by atoms with van der Waals surface area (Å²) in [6.07, 6.45) is 0.803. The zero-order valence-corrected chi connectivity index (χ0v) is 7.54. The van der Waals surface area contributed by atoms with Gasteiger partial charge in [0.15, 0.2) is 0 Å². The summed E-state index contributed by atoms with van der Waals surface area (Å²) in [5, 5.41) is 14.3. The van der Waals surface area contributed by atoms with E-state index in [0.717, 1.165) is 6.42 Å². The van der Waals surface area contributed by atoms with Gasteiger partial charge in [0.2, 0.25) is 5.91 Å². The predicted molar refractivity (Wildman–Crippen MR) is 46.2 cm³/mol. The second-order valence-electron chi connectivity index (χ2n) is 3.26. The summed E-state index contributed by atoms with van der Waals surface area (Å²) in [5.41, 5.74) is 0. The van der Waals surface area contributed by atoms with Gasteiger partial charge in [0.05, 0.1) is 0 Å². The first kappa shape index (κ1) is 9.98. The molecular weight excluding hydrogens is 172 g/mol. The molecule has 5 heteroatoms.